The van der Waals surface area contributed by atoms with Gasteiger partial charge in [-0.05, 0) is 36.1 Å². The van der Waals surface area contributed by atoms with Gasteiger partial charge < -0.3 is 10.2 Å². The summed E-state index contributed by atoms with van der Waals surface area (Å²) in [5.74, 6) is 1.12. The molecule has 2 aliphatic rings. The van der Waals surface area contributed by atoms with Gasteiger partial charge in [0.1, 0.15) is 6.04 Å². The van der Waals surface area contributed by atoms with Crippen LogP contribution in [0.2, 0.25) is 0 Å². The van der Waals surface area contributed by atoms with Crippen LogP contribution >= 0.6 is 11.8 Å². The van der Waals surface area contributed by atoms with Crippen LogP contribution < -0.4 is 5.32 Å². The monoisotopic (exact) mass is 409 g/mol. The first kappa shape index (κ1) is 20.0. The van der Waals surface area contributed by atoms with Crippen molar-refractivity contribution in [1.29, 1.82) is 0 Å². The molecule has 0 bridgehead atoms. The highest BCUT2D eigenvalue weighted by Gasteiger charge is 2.34. The highest BCUT2D eigenvalue weighted by molar-refractivity contribution is 7.99. The summed E-state index contributed by atoms with van der Waals surface area (Å²) in [6.45, 7) is 3.68. The summed E-state index contributed by atoms with van der Waals surface area (Å²) >= 11 is 1.63. The number of thioether (sulfide) groups is 1. The molecule has 6 heteroatoms. The SMILES string of the molecule is O=C(NCCCN1CCc2ccccc2C1)[C@@H]1CSCN1C(=O)c1ccccc1. The van der Waals surface area contributed by atoms with Gasteiger partial charge in [0, 0.05) is 37.5 Å². The lowest BCUT2D eigenvalue weighted by Crippen LogP contribution is -2.47. The van der Waals surface area contributed by atoms with Gasteiger partial charge in [0.2, 0.25) is 5.91 Å². The number of fused-ring (bicyclic) bond motifs is 1. The van der Waals surface area contributed by atoms with E-state index in [-0.39, 0.29) is 17.9 Å². The molecule has 29 heavy (non-hydrogen) atoms. The summed E-state index contributed by atoms with van der Waals surface area (Å²) in [5, 5.41) is 3.05. The predicted octanol–water partition coefficient (Wildman–Crippen LogP) is 2.77. The summed E-state index contributed by atoms with van der Waals surface area (Å²) in [4.78, 5) is 29.5. The van der Waals surface area contributed by atoms with Crippen LogP contribution in [-0.4, -0.2) is 58.9 Å². The number of nitrogens with zero attached hydrogens (tertiary/aromatic N) is 2. The Bertz CT molecular complexity index is 858. The van der Waals surface area contributed by atoms with Crippen molar-refractivity contribution in [2.45, 2.75) is 25.4 Å². The Hall–Kier alpha value is -2.31. The minimum absolute atomic E-state index is 0.0386. The van der Waals surface area contributed by atoms with E-state index in [1.807, 2.05) is 18.2 Å². The van der Waals surface area contributed by atoms with E-state index < -0.39 is 0 Å². The Morgan fingerprint density at radius 2 is 1.79 bits per heavy atom. The minimum Gasteiger partial charge on any atom is -0.354 e. The molecule has 0 unspecified atom stereocenters. The van der Waals surface area contributed by atoms with Gasteiger partial charge >= 0.3 is 0 Å². The third kappa shape index (κ3) is 4.82. The number of nitrogens with one attached hydrogen (secondary N) is 1. The van der Waals surface area contributed by atoms with Gasteiger partial charge in [-0.2, -0.15) is 0 Å². The van der Waals surface area contributed by atoms with Crippen LogP contribution in [-0.2, 0) is 17.8 Å². The van der Waals surface area contributed by atoms with Crippen molar-refractivity contribution in [1.82, 2.24) is 15.1 Å². The average Bonchev–Trinajstić information content (AvgIpc) is 3.26. The second-order valence-corrected chi connectivity index (χ2v) is 8.60. The van der Waals surface area contributed by atoms with Crippen molar-refractivity contribution < 1.29 is 9.59 Å². The first-order valence-electron chi connectivity index (χ1n) is 10.2. The zero-order chi connectivity index (χ0) is 20.1. The van der Waals surface area contributed by atoms with Crippen LogP contribution in [0, 0.1) is 0 Å². The molecule has 1 atom stereocenters. The van der Waals surface area contributed by atoms with E-state index >= 15 is 0 Å². The van der Waals surface area contributed by atoms with Gasteiger partial charge in [-0.25, -0.2) is 0 Å². The number of benzene rings is 2. The Labute approximate surface area is 176 Å². The van der Waals surface area contributed by atoms with E-state index in [2.05, 4.69) is 34.5 Å². The van der Waals surface area contributed by atoms with Gasteiger partial charge in [0.15, 0.2) is 0 Å². The summed E-state index contributed by atoms with van der Waals surface area (Å²) in [6.07, 6.45) is 2.01. The van der Waals surface area contributed by atoms with E-state index in [1.54, 1.807) is 28.8 Å². The maximum atomic E-state index is 12.7. The Balaban J connectivity index is 1.23. The quantitative estimate of drug-likeness (QED) is 0.746. The van der Waals surface area contributed by atoms with Gasteiger partial charge in [0.25, 0.3) is 5.91 Å². The Morgan fingerprint density at radius 3 is 2.62 bits per heavy atom. The molecule has 2 heterocycles. The van der Waals surface area contributed by atoms with Crippen molar-refractivity contribution in [3.8, 4) is 0 Å². The molecule has 152 valence electrons. The van der Waals surface area contributed by atoms with Crippen molar-refractivity contribution in [3.05, 3.63) is 71.3 Å². The predicted molar refractivity (Wildman–Crippen MR) is 117 cm³/mol. The highest BCUT2D eigenvalue weighted by Crippen LogP contribution is 2.23. The number of hydrogen-bond acceptors (Lipinski definition) is 4. The standard InChI is InChI=1S/C23H27N3O2S/c27-22(21-16-29-17-26(21)23(28)19-8-2-1-3-9-19)24-12-6-13-25-14-11-18-7-4-5-10-20(18)15-25/h1-5,7-10,21H,6,11-17H2,(H,24,27)/t21-/m0/s1. The first-order chi connectivity index (χ1) is 14.2. The average molecular weight is 410 g/mol. The highest BCUT2D eigenvalue weighted by atomic mass is 32.2. The van der Waals surface area contributed by atoms with E-state index in [0.717, 1.165) is 32.5 Å². The van der Waals surface area contributed by atoms with Crippen molar-refractivity contribution >= 4 is 23.6 Å². The largest absolute Gasteiger partial charge is 0.354 e. The summed E-state index contributed by atoms with van der Waals surface area (Å²) in [5.41, 5.74) is 3.51. The lowest BCUT2D eigenvalue weighted by Gasteiger charge is -2.28. The number of amides is 2. The smallest absolute Gasteiger partial charge is 0.255 e. The first-order valence-corrected chi connectivity index (χ1v) is 11.4. The molecule has 5 nitrogen and oxygen atoms in total. The van der Waals surface area contributed by atoms with Crippen LogP contribution in [0.1, 0.15) is 27.9 Å². The third-order valence-electron chi connectivity index (χ3n) is 5.63. The summed E-state index contributed by atoms with van der Waals surface area (Å²) < 4.78 is 0. The molecule has 4 rings (SSSR count). The number of hydrogen-bond donors (Lipinski definition) is 1. The van der Waals surface area contributed by atoms with Crippen molar-refractivity contribution in [2.24, 2.45) is 0 Å². The second-order valence-electron chi connectivity index (χ2n) is 7.60. The van der Waals surface area contributed by atoms with Gasteiger partial charge in [0.05, 0.1) is 5.88 Å². The molecule has 2 amide bonds. The maximum Gasteiger partial charge on any atom is 0.255 e. The fraction of sp³-hybridized carbons (Fsp3) is 0.391. The lowest BCUT2D eigenvalue weighted by molar-refractivity contribution is -0.124. The van der Waals surface area contributed by atoms with Crippen LogP contribution in [0.15, 0.2) is 54.6 Å². The van der Waals surface area contributed by atoms with Gasteiger partial charge in [-0.15, -0.1) is 11.8 Å². The molecule has 0 aromatic heterocycles. The van der Waals surface area contributed by atoms with E-state index in [9.17, 15) is 9.59 Å². The number of carbonyl (C=O) groups excluding carboxylic acids is 2. The van der Waals surface area contributed by atoms with Crippen LogP contribution in [0.5, 0.6) is 0 Å². The molecule has 0 radical (unpaired) electrons. The van der Waals surface area contributed by atoms with Crippen molar-refractivity contribution in [2.75, 3.05) is 31.3 Å². The van der Waals surface area contributed by atoms with Crippen LogP contribution in [0.3, 0.4) is 0 Å². The zero-order valence-electron chi connectivity index (χ0n) is 16.5. The normalized spacial score (nSPS) is 19.0. The van der Waals surface area contributed by atoms with Gasteiger partial charge in [-0.1, -0.05) is 42.5 Å². The summed E-state index contributed by atoms with van der Waals surface area (Å²) in [6, 6.07) is 17.5. The summed E-state index contributed by atoms with van der Waals surface area (Å²) in [7, 11) is 0. The molecule has 1 N–H and O–H groups in total. The van der Waals surface area contributed by atoms with Crippen LogP contribution in [0.4, 0.5) is 0 Å². The van der Waals surface area contributed by atoms with E-state index in [4.69, 9.17) is 0 Å². The molecule has 0 aliphatic carbocycles. The lowest BCUT2D eigenvalue weighted by atomic mass is 10.00. The number of rotatable bonds is 6. The number of carbonyl (C=O) groups is 2. The molecule has 0 saturated carbocycles. The van der Waals surface area contributed by atoms with Gasteiger partial charge in [-0.3, -0.25) is 14.5 Å². The third-order valence-corrected chi connectivity index (χ3v) is 6.64. The molecule has 1 saturated heterocycles. The molecule has 2 aromatic carbocycles. The fourth-order valence-electron chi connectivity index (χ4n) is 3.98. The molecule has 2 aromatic rings. The minimum atomic E-state index is -0.380. The van der Waals surface area contributed by atoms with Crippen LogP contribution in [0.25, 0.3) is 0 Å². The molecule has 0 spiro atoms. The molecular formula is C23H27N3O2S. The van der Waals surface area contributed by atoms with Crippen molar-refractivity contribution in [3.63, 3.8) is 0 Å². The molecular weight excluding hydrogens is 382 g/mol. The Morgan fingerprint density at radius 1 is 1.03 bits per heavy atom. The van der Waals surface area contributed by atoms with E-state index in [1.165, 1.54) is 11.1 Å². The second kappa shape index (κ2) is 9.46. The Kier molecular flexibility index (Phi) is 6.52. The maximum absolute atomic E-state index is 12.7. The zero-order valence-corrected chi connectivity index (χ0v) is 17.4. The molecule has 2 aliphatic heterocycles. The molecule has 1 fully saturated rings. The van der Waals surface area contributed by atoms with E-state index in [0.29, 0.717) is 23.7 Å². The topological polar surface area (TPSA) is 52.7 Å². The fourth-order valence-corrected chi connectivity index (χ4v) is 5.14.